The fourth-order valence-electron chi connectivity index (χ4n) is 2.43. The number of carbonyl (C=O) groups is 3. The molecule has 0 unspecified atom stereocenters. The first-order valence-electron chi connectivity index (χ1n) is 8.07. The first kappa shape index (κ1) is 19.6. The van der Waals surface area contributed by atoms with Crippen LogP contribution in [0.5, 0.6) is 0 Å². The average Bonchev–Trinajstić information content (AvgIpc) is 3.10. The maximum Gasteiger partial charge on any atom is 0.316 e. The summed E-state index contributed by atoms with van der Waals surface area (Å²) in [6.07, 6.45) is 1.20. The Morgan fingerprint density at radius 3 is 2.48 bits per heavy atom. The minimum Gasteiger partial charge on any atom is -0.452 e. The Labute approximate surface area is 156 Å². The number of nitrogens with one attached hydrogen (secondary N) is 1. The number of halogens is 1. The molecule has 1 atom stereocenters. The van der Waals surface area contributed by atoms with Crippen molar-refractivity contribution in [2.75, 3.05) is 29.9 Å². The second-order valence-corrected chi connectivity index (χ2v) is 7.13. The molecule has 1 saturated heterocycles. The Morgan fingerprint density at radius 2 is 1.84 bits per heavy atom. The van der Waals surface area contributed by atoms with Crippen molar-refractivity contribution in [2.24, 2.45) is 0 Å². The number of thioether (sulfide) groups is 1. The SMILES string of the molecule is C[C@@H](OC(=O)CSCC(=O)Nc1ccc(Cl)cc1)C(=O)N1CCCC1. The van der Waals surface area contributed by atoms with Gasteiger partial charge in [-0.05, 0) is 44.0 Å². The zero-order valence-electron chi connectivity index (χ0n) is 14.0. The molecule has 2 rings (SSSR count). The van der Waals surface area contributed by atoms with E-state index in [0.29, 0.717) is 10.7 Å². The van der Waals surface area contributed by atoms with E-state index in [2.05, 4.69) is 5.32 Å². The molecule has 1 aromatic carbocycles. The van der Waals surface area contributed by atoms with Gasteiger partial charge < -0.3 is 15.0 Å². The van der Waals surface area contributed by atoms with Gasteiger partial charge >= 0.3 is 5.97 Å². The van der Waals surface area contributed by atoms with Gasteiger partial charge in [-0.25, -0.2) is 0 Å². The number of esters is 1. The molecule has 0 saturated carbocycles. The predicted octanol–water partition coefficient (Wildman–Crippen LogP) is 2.57. The van der Waals surface area contributed by atoms with Crippen LogP contribution in [0.15, 0.2) is 24.3 Å². The maximum absolute atomic E-state index is 12.1. The Bertz CT molecular complexity index is 618. The van der Waals surface area contributed by atoms with Gasteiger partial charge in [0, 0.05) is 23.8 Å². The van der Waals surface area contributed by atoms with Crippen LogP contribution in [-0.4, -0.2) is 53.4 Å². The van der Waals surface area contributed by atoms with E-state index in [1.807, 2.05) is 0 Å². The van der Waals surface area contributed by atoms with Gasteiger partial charge in [-0.3, -0.25) is 14.4 Å². The summed E-state index contributed by atoms with van der Waals surface area (Å²) in [5.74, 6) is -0.736. The summed E-state index contributed by atoms with van der Waals surface area (Å²) in [5.41, 5.74) is 0.641. The number of carbonyl (C=O) groups excluding carboxylic acids is 3. The molecule has 1 aliphatic heterocycles. The molecule has 0 spiro atoms. The van der Waals surface area contributed by atoms with E-state index in [1.54, 1.807) is 36.1 Å². The quantitative estimate of drug-likeness (QED) is 0.731. The van der Waals surface area contributed by atoms with E-state index in [9.17, 15) is 14.4 Å². The van der Waals surface area contributed by atoms with Crippen molar-refractivity contribution >= 4 is 46.8 Å². The Hall–Kier alpha value is -1.73. The molecule has 0 bridgehead atoms. The van der Waals surface area contributed by atoms with Crippen LogP contribution in [0.3, 0.4) is 0 Å². The van der Waals surface area contributed by atoms with Crippen molar-refractivity contribution in [3.8, 4) is 0 Å². The lowest BCUT2D eigenvalue weighted by atomic mass is 10.3. The molecular formula is C17H21ClN2O4S. The third-order valence-corrected chi connectivity index (χ3v) is 4.81. The third-order valence-electron chi connectivity index (χ3n) is 3.65. The topological polar surface area (TPSA) is 75.7 Å². The zero-order chi connectivity index (χ0) is 18.2. The summed E-state index contributed by atoms with van der Waals surface area (Å²) in [4.78, 5) is 37.4. The number of hydrogen-bond acceptors (Lipinski definition) is 5. The molecule has 1 fully saturated rings. The number of anilines is 1. The van der Waals surface area contributed by atoms with Crippen molar-refractivity contribution in [2.45, 2.75) is 25.9 Å². The standard InChI is InChI=1S/C17H21ClN2O4S/c1-12(17(23)20-8-2-3-9-20)24-16(22)11-25-10-15(21)19-14-6-4-13(18)5-7-14/h4-7,12H,2-3,8-11H2,1H3,(H,19,21)/t12-/m1/s1. The zero-order valence-corrected chi connectivity index (χ0v) is 15.6. The summed E-state index contributed by atoms with van der Waals surface area (Å²) < 4.78 is 5.14. The van der Waals surface area contributed by atoms with Crippen LogP contribution in [0.2, 0.25) is 5.02 Å². The summed E-state index contributed by atoms with van der Waals surface area (Å²) in [7, 11) is 0. The van der Waals surface area contributed by atoms with E-state index in [4.69, 9.17) is 16.3 Å². The van der Waals surface area contributed by atoms with Gasteiger partial charge in [0.1, 0.15) is 0 Å². The van der Waals surface area contributed by atoms with Gasteiger partial charge in [0.15, 0.2) is 6.10 Å². The van der Waals surface area contributed by atoms with Crippen LogP contribution in [0, 0.1) is 0 Å². The lowest BCUT2D eigenvalue weighted by Crippen LogP contribution is -2.38. The Kier molecular flexibility index (Phi) is 7.58. The van der Waals surface area contributed by atoms with Crippen LogP contribution in [0.4, 0.5) is 5.69 Å². The Morgan fingerprint density at radius 1 is 1.20 bits per heavy atom. The molecule has 0 aromatic heterocycles. The number of hydrogen-bond donors (Lipinski definition) is 1. The molecule has 1 N–H and O–H groups in total. The lowest BCUT2D eigenvalue weighted by Gasteiger charge is -2.20. The first-order chi connectivity index (χ1) is 12.0. The third kappa shape index (κ3) is 6.59. The van der Waals surface area contributed by atoms with Crippen molar-refractivity contribution in [1.82, 2.24) is 4.90 Å². The summed E-state index contributed by atoms with van der Waals surface area (Å²) in [5, 5.41) is 3.30. The monoisotopic (exact) mass is 384 g/mol. The molecule has 136 valence electrons. The highest BCUT2D eigenvalue weighted by Crippen LogP contribution is 2.14. The largest absolute Gasteiger partial charge is 0.452 e. The molecule has 6 nitrogen and oxygen atoms in total. The van der Waals surface area contributed by atoms with Crippen molar-refractivity contribution in [3.63, 3.8) is 0 Å². The van der Waals surface area contributed by atoms with Crippen LogP contribution >= 0.6 is 23.4 Å². The van der Waals surface area contributed by atoms with Crippen LogP contribution < -0.4 is 5.32 Å². The second-order valence-electron chi connectivity index (χ2n) is 5.71. The molecule has 25 heavy (non-hydrogen) atoms. The highest BCUT2D eigenvalue weighted by atomic mass is 35.5. The molecule has 0 radical (unpaired) electrons. The summed E-state index contributed by atoms with van der Waals surface area (Å²) in [6, 6.07) is 6.76. The fraction of sp³-hybridized carbons (Fsp3) is 0.471. The molecule has 0 aliphatic carbocycles. The van der Waals surface area contributed by atoms with Gasteiger partial charge in [0.2, 0.25) is 5.91 Å². The van der Waals surface area contributed by atoms with E-state index >= 15 is 0 Å². The smallest absolute Gasteiger partial charge is 0.316 e. The summed E-state index contributed by atoms with van der Waals surface area (Å²) >= 11 is 6.92. The summed E-state index contributed by atoms with van der Waals surface area (Å²) in [6.45, 7) is 3.02. The number of amides is 2. The highest BCUT2D eigenvalue weighted by Gasteiger charge is 2.25. The molecular weight excluding hydrogens is 364 g/mol. The van der Waals surface area contributed by atoms with Gasteiger partial charge in [-0.1, -0.05) is 11.6 Å². The minimum atomic E-state index is -0.783. The molecule has 1 aliphatic rings. The van der Waals surface area contributed by atoms with Crippen molar-refractivity contribution in [1.29, 1.82) is 0 Å². The van der Waals surface area contributed by atoms with Crippen LogP contribution in [0.25, 0.3) is 0 Å². The lowest BCUT2D eigenvalue weighted by molar-refractivity contribution is -0.156. The van der Waals surface area contributed by atoms with Gasteiger partial charge in [-0.15, -0.1) is 11.8 Å². The van der Waals surface area contributed by atoms with E-state index in [0.717, 1.165) is 37.7 Å². The molecule has 2 amide bonds. The predicted molar refractivity (Wildman–Crippen MR) is 98.8 cm³/mol. The van der Waals surface area contributed by atoms with Crippen LogP contribution in [-0.2, 0) is 19.1 Å². The number of likely N-dealkylation sites (tertiary alicyclic amines) is 1. The molecule has 1 aromatic rings. The number of rotatable bonds is 7. The van der Waals surface area contributed by atoms with E-state index in [1.165, 1.54) is 0 Å². The average molecular weight is 385 g/mol. The first-order valence-corrected chi connectivity index (χ1v) is 9.60. The number of ether oxygens (including phenoxy) is 1. The molecule has 1 heterocycles. The number of nitrogens with zero attached hydrogens (tertiary/aromatic N) is 1. The number of benzene rings is 1. The fourth-order valence-corrected chi connectivity index (χ4v) is 3.15. The van der Waals surface area contributed by atoms with Crippen molar-refractivity contribution in [3.05, 3.63) is 29.3 Å². The van der Waals surface area contributed by atoms with Gasteiger partial charge in [0.25, 0.3) is 5.91 Å². The maximum atomic E-state index is 12.1. The highest BCUT2D eigenvalue weighted by molar-refractivity contribution is 8.00. The van der Waals surface area contributed by atoms with Crippen molar-refractivity contribution < 1.29 is 19.1 Å². The normalized spacial score (nSPS) is 14.9. The van der Waals surface area contributed by atoms with E-state index < -0.39 is 12.1 Å². The minimum absolute atomic E-state index is 0.0195. The van der Waals surface area contributed by atoms with Gasteiger partial charge in [0.05, 0.1) is 11.5 Å². The Balaban J connectivity index is 1.64. The van der Waals surface area contributed by atoms with E-state index in [-0.39, 0.29) is 23.3 Å². The van der Waals surface area contributed by atoms with Gasteiger partial charge in [-0.2, -0.15) is 0 Å². The molecule has 8 heteroatoms. The van der Waals surface area contributed by atoms with Crippen LogP contribution in [0.1, 0.15) is 19.8 Å². The second kappa shape index (κ2) is 9.68.